The first-order chi connectivity index (χ1) is 4.63. The predicted molar refractivity (Wildman–Crippen MR) is 42.5 cm³/mol. The molecule has 1 heterocycles. The third-order valence-corrected chi connectivity index (χ3v) is 1.72. The third kappa shape index (κ3) is 0.900. The highest BCUT2D eigenvalue weighted by atomic mass is 14.8. The normalized spacial score (nSPS) is 9.80. The lowest BCUT2D eigenvalue weighted by molar-refractivity contribution is 1.23. The SMILES string of the molecule is Cc1c(N)cnc(N)c1C. The summed E-state index contributed by atoms with van der Waals surface area (Å²) in [7, 11) is 0. The van der Waals surface area contributed by atoms with Gasteiger partial charge in [0.2, 0.25) is 0 Å². The van der Waals surface area contributed by atoms with E-state index in [0.717, 1.165) is 11.1 Å². The van der Waals surface area contributed by atoms with Crippen LogP contribution in [0.5, 0.6) is 0 Å². The predicted octanol–water partition coefficient (Wildman–Crippen LogP) is 0.863. The van der Waals surface area contributed by atoms with E-state index in [2.05, 4.69) is 4.98 Å². The maximum Gasteiger partial charge on any atom is 0.126 e. The van der Waals surface area contributed by atoms with E-state index in [1.54, 1.807) is 6.20 Å². The summed E-state index contributed by atoms with van der Waals surface area (Å²) in [5.74, 6) is 0.562. The summed E-state index contributed by atoms with van der Waals surface area (Å²) in [5, 5.41) is 0. The molecule has 54 valence electrons. The van der Waals surface area contributed by atoms with Gasteiger partial charge in [-0.3, -0.25) is 0 Å². The van der Waals surface area contributed by atoms with Gasteiger partial charge in [0.05, 0.1) is 11.9 Å². The second-order valence-electron chi connectivity index (χ2n) is 2.35. The van der Waals surface area contributed by atoms with E-state index in [0.29, 0.717) is 11.5 Å². The molecule has 0 radical (unpaired) electrons. The second-order valence-corrected chi connectivity index (χ2v) is 2.35. The van der Waals surface area contributed by atoms with Gasteiger partial charge < -0.3 is 11.5 Å². The van der Waals surface area contributed by atoms with Crippen LogP contribution in [-0.2, 0) is 0 Å². The minimum absolute atomic E-state index is 0.562. The van der Waals surface area contributed by atoms with Crippen LogP contribution in [0.2, 0.25) is 0 Å². The molecule has 0 saturated carbocycles. The Labute approximate surface area is 60.1 Å². The Kier molecular flexibility index (Phi) is 1.49. The van der Waals surface area contributed by atoms with Gasteiger partial charge in [-0.25, -0.2) is 4.98 Å². The lowest BCUT2D eigenvalue weighted by atomic mass is 10.1. The molecule has 0 aromatic carbocycles. The molecule has 1 rings (SSSR count). The van der Waals surface area contributed by atoms with Crippen molar-refractivity contribution in [2.45, 2.75) is 13.8 Å². The molecule has 0 spiro atoms. The molecule has 0 atom stereocenters. The first-order valence-electron chi connectivity index (χ1n) is 3.10. The maximum atomic E-state index is 5.57. The van der Waals surface area contributed by atoms with E-state index in [1.165, 1.54) is 0 Å². The average Bonchev–Trinajstić information content (AvgIpc) is 1.93. The topological polar surface area (TPSA) is 64.9 Å². The average molecular weight is 137 g/mol. The van der Waals surface area contributed by atoms with Crippen LogP contribution in [0.4, 0.5) is 11.5 Å². The van der Waals surface area contributed by atoms with Crippen LogP contribution >= 0.6 is 0 Å². The first kappa shape index (κ1) is 6.86. The van der Waals surface area contributed by atoms with Crippen molar-refractivity contribution in [3.05, 3.63) is 17.3 Å². The maximum absolute atomic E-state index is 5.57. The fourth-order valence-corrected chi connectivity index (χ4v) is 0.741. The fourth-order valence-electron chi connectivity index (χ4n) is 0.741. The van der Waals surface area contributed by atoms with Crippen LogP contribution < -0.4 is 11.5 Å². The van der Waals surface area contributed by atoms with Crippen LogP contribution in [0.1, 0.15) is 11.1 Å². The summed E-state index contributed by atoms with van der Waals surface area (Å²) in [6, 6.07) is 0. The number of anilines is 2. The Bertz CT molecular complexity index is 228. The molecule has 10 heavy (non-hydrogen) atoms. The van der Waals surface area contributed by atoms with E-state index >= 15 is 0 Å². The number of hydrogen-bond acceptors (Lipinski definition) is 3. The zero-order valence-corrected chi connectivity index (χ0v) is 6.18. The minimum atomic E-state index is 0.562. The van der Waals surface area contributed by atoms with Gasteiger partial charge in [0.1, 0.15) is 5.82 Å². The summed E-state index contributed by atoms with van der Waals surface area (Å²) in [4.78, 5) is 3.89. The van der Waals surface area contributed by atoms with E-state index < -0.39 is 0 Å². The standard InChI is InChI=1S/C7H11N3/c1-4-5(2)7(9)10-3-6(4)8/h3H,8H2,1-2H3,(H2,9,10). The van der Waals surface area contributed by atoms with Crippen LogP contribution in [0.3, 0.4) is 0 Å². The summed E-state index contributed by atoms with van der Waals surface area (Å²) in [6.07, 6.45) is 1.58. The molecule has 0 unspecified atom stereocenters. The van der Waals surface area contributed by atoms with Crippen molar-refractivity contribution in [1.29, 1.82) is 0 Å². The largest absolute Gasteiger partial charge is 0.397 e. The van der Waals surface area contributed by atoms with Crippen LogP contribution in [0.15, 0.2) is 6.20 Å². The molecule has 0 aliphatic carbocycles. The highest BCUT2D eigenvalue weighted by Crippen LogP contribution is 2.17. The number of hydrogen-bond donors (Lipinski definition) is 2. The summed E-state index contributed by atoms with van der Waals surface area (Å²) < 4.78 is 0. The van der Waals surface area contributed by atoms with Gasteiger partial charge in [-0.05, 0) is 25.0 Å². The smallest absolute Gasteiger partial charge is 0.126 e. The van der Waals surface area contributed by atoms with E-state index in [9.17, 15) is 0 Å². The zero-order valence-electron chi connectivity index (χ0n) is 6.18. The zero-order chi connectivity index (χ0) is 7.72. The lowest BCUT2D eigenvalue weighted by Gasteiger charge is -2.04. The molecule has 0 aliphatic heterocycles. The molecule has 0 fully saturated rings. The van der Waals surface area contributed by atoms with Gasteiger partial charge in [-0.15, -0.1) is 0 Å². The number of nitrogens with zero attached hydrogens (tertiary/aromatic N) is 1. The van der Waals surface area contributed by atoms with Gasteiger partial charge in [0.25, 0.3) is 0 Å². The Balaban J connectivity index is 3.34. The third-order valence-electron chi connectivity index (χ3n) is 1.72. The summed E-state index contributed by atoms with van der Waals surface area (Å²) >= 11 is 0. The molecule has 0 amide bonds. The highest BCUT2D eigenvalue weighted by molar-refractivity contribution is 5.55. The molecule has 1 aromatic rings. The van der Waals surface area contributed by atoms with Crippen molar-refractivity contribution in [3.8, 4) is 0 Å². The van der Waals surface area contributed by atoms with Gasteiger partial charge in [-0.1, -0.05) is 0 Å². The van der Waals surface area contributed by atoms with Crippen molar-refractivity contribution < 1.29 is 0 Å². The molecular formula is C7H11N3. The monoisotopic (exact) mass is 137 g/mol. The van der Waals surface area contributed by atoms with Gasteiger partial charge in [0, 0.05) is 0 Å². The number of rotatable bonds is 0. The van der Waals surface area contributed by atoms with E-state index in [-0.39, 0.29) is 0 Å². The molecule has 3 heteroatoms. The van der Waals surface area contributed by atoms with E-state index in [4.69, 9.17) is 11.5 Å². The van der Waals surface area contributed by atoms with Crippen molar-refractivity contribution in [2.75, 3.05) is 11.5 Å². The number of nitrogen functional groups attached to an aromatic ring is 2. The van der Waals surface area contributed by atoms with Crippen molar-refractivity contribution in [2.24, 2.45) is 0 Å². The van der Waals surface area contributed by atoms with Crippen LogP contribution in [-0.4, -0.2) is 4.98 Å². The molecular weight excluding hydrogens is 126 g/mol. The number of nitrogens with two attached hydrogens (primary N) is 2. The van der Waals surface area contributed by atoms with Crippen molar-refractivity contribution in [1.82, 2.24) is 4.98 Å². The van der Waals surface area contributed by atoms with Crippen molar-refractivity contribution in [3.63, 3.8) is 0 Å². The molecule has 4 N–H and O–H groups in total. The van der Waals surface area contributed by atoms with Gasteiger partial charge >= 0.3 is 0 Å². The lowest BCUT2D eigenvalue weighted by Crippen LogP contribution is -1.99. The van der Waals surface area contributed by atoms with Crippen molar-refractivity contribution >= 4 is 11.5 Å². The highest BCUT2D eigenvalue weighted by Gasteiger charge is 2.00. The van der Waals surface area contributed by atoms with E-state index in [1.807, 2.05) is 13.8 Å². The molecule has 0 aliphatic rings. The van der Waals surface area contributed by atoms with Crippen LogP contribution in [0.25, 0.3) is 0 Å². The molecule has 1 aromatic heterocycles. The number of pyridine rings is 1. The first-order valence-corrected chi connectivity index (χ1v) is 3.10. The summed E-state index contributed by atoms with van der Waals surface area (Å²) in [6.45, 7) is 3.84. The Hall–Kier alpha value is -1.25. The minimum Gasteiger partial charge on any atom is -0.397 e. The number of aromatic nitrogens is 1. The Morgan fingerprint density at radius 1 is 1.20 bits per heavy atom. The quantitative estimate of drug-likeness (QED) is 0.557. The second kappa shape index (κ2) is 2.17. The van der Waals surface area contributed by atoms with Crippen LogP contribution in [0, 0.1) is 13.8 Å². The molecule has 0 bridgehead atoms. The molecule has 3 nitrogen and oxygen atoms in total. The van der Waals surface area contributed by atoms with Gasteiger partial charge in [-0.2, -0.15) is 0 Å². The Morgan fingerprint density at radius 3 is 2.30 bits per heavy atom. The summed E-state index contributed by atoms with van der Waals surface area (Å²) in [5.41, 5.74) is 13.8. The fraction of sp³-hybridized carbons (Fsp3) is 0.286. The Morgan fingerprint density at radius 2 is 1.80 bits per heavy atom. The van der Waals surface area contributed by atoms with Gasteiger partial charge in [0.15, 0.2) is 0 Å². The molecule has 0 saturated heterocycles.